The standard InChI is InChI=1S/C29H30N6O7/c1-4-42-25(38)17-30-28-26(18-10-12-20(13-11-18)33(2)3)32-27-22(9-6-14-34(27)28)29(39)31-23(16-24(36)37)19-7-5-8-21(15-19)35(40)41/h5-15,23,30H,4,16-17H2,1-3H3,(H,31,39)(H,36,37). The van der Waals surface area contributed by atoms with Gasteiger partial charge in [-0.2, -0.15) is 0 Å². The first-order valence-corrected chi connectivity index (χ1v) is 13.0. The molecule has 0 saturated carbocycles. The molecule has 1 unspecified atom stereocenters. The molecular weight excluding hydrogens is 544 g/mol. The molecule has 0 aliphatic rings. The SMILES string of the molecule is CCOC(=O)CNc1c(-c2ccc(N(C)C)cc2)nc2c(C(=O)NC(CC(=O)O)c3cccc([N+](=O)[O-])c3)cccn12. The van der Waals surface area contributed by atoms with Crippen molar-refractivity contribution in [2.24, 2.45) is 0 Å². The molecule has 0 aliphatic carbocycles. The van der Waals surface area contributed by atoms with Gasteiger partial charge in [0, 0.05) is 43.7 Å². The minimum atomic E-state index is -1.19. The molecule has 2 aromatic heterocycles. The predicted molar refractivity (Wildman–Crippen MR) is 156 cm³/mol. The van der Waals surface area contributed by atoms with Crippen molar-refractivity contribution in [2.75, 3.05) is 37.5 Å². The predicted octanol–water partition coefficient (Wildman–Crippen LogP) is 3.90. The number of ether oxygens (including phenoxy) is 1. The Bertz CT molecular complexity index is 1630. The number of amides is 1. The number of imidazole rings is 1. The Morgan fingerprint density at radius 3 is 2.50 bits per heavy atom. The first-order valence-electron chi connectivity index (χ1n) is 13.0. The fraction of sp³-hybridized carbons (Fsp3) is 0.241. The largest absolute Gasteiger partial charge is 0.481 e. The first kappa shape index (κ1) is 29.5. The molecule has 13 heteroatoms. The van der Waals surface area contributed by atoms with Gasteiger partial charge in [-0.3, -0.25) is 28.9 Å². The van der Waals surface area contributed by atoms with Crippen molar-refractivity contribution >= 4 is 40.7 Å². The van der Waals surface area contributed by atoms with Crippen LogP contribution in [0.1, 0.15) is 35.3 Å². The van der Waals surface area contributed by atoms with Gasteiger partial charge in [0.1, 0.15) is 18.1 Å². The third-order valence-corrected chi connectivity index (χ3v) is 6.42. The number of aliphatic carboxylic acids is 1. The second-order valence-corrected chi connectivity index (χ2v) is 9.50. The summed E-state index contributed by atoms with van der Waals surface area (Å²) < 4.78 is 6.68. The zero-order valence-corrected chi connectivity index (χ0v) is 23.2. The zero-order valence-electron chi connectivity index (χ0n) is 23.2. The van der Waals surface area contributed by atoms with E-state index in [1.807, 2.05) is 43.3 Å². The monoisotopic (exact) mass is 574 g/mol. The van der Waals surface area contributed by atoms with Crippen LogP contribution < -0.4 is 15.5 Å². The van der Waals surface area contributed by atoms with Crippen molar-refractivity contribution in [1.82, 2.24) is 14.7 Å². The van der Waals surface area contributed by atoms with Gasteiger partial charge in [0.25, 0.3) is 11.6 Å². The number of aromatic nitrogens is 2. The number of nitro benzene ring substituents is 1. The molecule has 0 radical (unpaired) electrons. The van der Waals surface area contributed by atoms with Crippen LogP contribution in [-0.2, 0) is 14.3 Å². The molecule has 0 aliphatic heterocycles. The Labute approximate surface area is 240 Å². The summed E-state index contributed by atoms with van der Waals surface area (Å²) in [6, 6.07) is 15.1. The maximum Gasteiger partial charge on any atom is 0.325 e. The van der Waals surface area contributed by atoms with Crippen LogP contribution >= 0.6 is 0 Å². The molecule has 4 rings (SSSR count). The lowest BCUT2D eigenvalue weighted by atomic mass is 10.0. The van der Waals surface area contributed by atoms with Gasteiger partial charge >= 0.3 is 11.9 Å². The van der Waals surface area contributed by atoms with E-state index in [4.69, 9.17) is 9.72 Å². The number of hydrogen-bond acceptors (Lipinski definition) is 9. The lowest BCUT2D eigenvalue weighted by Crippen LogP contribution is -2.30. The number of nitrogens with zero attached hydrogens (tertiary/aromatic N) is 4. The van der Waals surface area contributed by atoms with E-state index >= 15 is 0 Å². The van der Waals surface area contributed by atoms with Gasteiger partial charge in [0.05, 0.1) is 29.6 Å². The number of pyridine rings is 1. The molecule has 1 atom stereocenters. The van der Waals surface area contributed by atoms with Crippen molar-refractivity contribution < 1.29 is 29.2 Å². The topological polar surface area (TPSA) is 168 Å². The highest BCUT2D eigenvalue weighted by molar-refractivity contribution is 6.01. The summed E-state index contributed by atoms with van der Waals surface area (Å²) in [5, 5.41) is 26.5. The van der Waals surface area contributed by atoms with Gasteiger partial charge < -0.3 is 25.4 Å². The van der Waals surface area contributed by atoms with Crippen molar-refractivity contribution in [1.29, 1.82) is 0 Å². The molecular formula is C29H30N6O7. The number of rotatable bonds is 12. The maximum absolute atomic E-state index is 13.6. The summed E-state index contributed by atoms with van der Waals surface area (Å²) in [5.74, 6) is -1.84. The Kier molecular flexibility index (Phi) is 9.00. The van der Waals surface area contributed by atoms with Gasteiger partial charge in [-0.05, 0) is 36.8 Å². The maximum atomic E-state index is 13.6. The van der Waals surface area contributed by atoms with Gasteiger partial charge in [0.2, 0.25) is 0 Å². The van der Waals surface area contributed by atoms with Gasteiger partial charge in [-0.25, -0.2) is 4.98 Å². The molecule has 1 amide bonds. The number of carboxylic acids is 1. The Morgan fingerprint density at radius 2 is 1.86 bits per heavy atom. The number of carboxylic acid groups (broad SMARTS) is 1. The van der Waals surface area contributed by atoms with E-state index in [0.717, 1.165) is 11.3 Å². The molecule has 0 saturated heterocycles. The lowest BCUT2D eigenvalue weighted by molar-refractivity contribution is -0.384. The highest BCUT2D eigenvalue weighted by Gasteiger charge is 2.24. The highest BCUT2D eigenvalue weighted by atomic mass is 16.6. The third-order valence-electron chi connectivity index (χ3n) is 6.42. The van der Waals surface area contributed by atoms with E-state index in [1.165, 1.54) is 30.3 Å². The average molecular weight is 575 g/mol. The lowest BCUT2D eigenvalue weighted by Gasteiger charge is -2.17. The molecule has 3 N–H and O–H groups in total. The molecule has 0 fully saturated rings. The molecule has 4 aromatic rings. The summed E-state index contributed by atoms with van der Waals surface area (Å²) in [6.45, 7) is 1.78. The number of non-ortho nitro benzene ring substituents is 1. The molecule has 2 heterocycles. The zero-order chi connectivity index (χ0) is 30.4. The fourth-order valence-electron chi connectivity index (χ4n) is 4.42. The molecule has 42 heavy (non-hydrogen) atoms. The second kappa shape index (κ2) is 12.8. The molecule has 218 valence electrons. The van der Waals surface area contributed by atoms with Crippen LogP contribution in [0.25, 0.3) is 16.9 Å². The summed E-state index contributed by atoms with van der Waals surface area (Å²) in [4.78, 5) is 54.7. The number of nitrogens with one attached hydrogen (secondary N) is 2. The summed E-state index contributed by atoms with van der Waals surface area (Å²) in [5.41, 5.74) is 2.60. The number of hydrogen-bond donors (Lipinski definition) is 3. The van der Waals surface area contributed by atoms with Crippen molar-refractivity contribution in [3.63, 3.8) is 0 Å². The Balaban J connectivity index is 1.76. The van der Waals surface area contributed by atoms with Crippen molar-refractivity contribution in [2.45, 2.75) is 19.4 Å². The molecule has 0 spiro atoms. The van der Waals surface area contributed by atoms with Crippen LogP contribution in [0.4, 0.5) is 17.2 Å². The van der Waals surface area contributed by atoms with Crippen LogP contribution in [-0.4, -0.2) is 64.5 Å². The minimum absolute atomic E-state index is 0.133. The molecule has 13 nitrogen and oxygen atoms in total. The molecule has 2 aromatic carbocycles. The Morgan fingerprint density at radius 1 is 1.12 bits per heavy atom. The number of anilines is 2. The minimum Gasteiger partial charge on any atom is -0.481 e. The van der Waals surface area contributed by atoms with E-state index in [0.29, 0.717) is 11.5 Å². The number of fused-ring (bicyclic) bond motifs is 1. The number of carbonyl (C=O) groups excluding carboxylic acids is 2. The highest BCUT2D eigenvalue weighted by Crippen LogP contribution is 2.31. The van der Waals surface area contributed by atoms with E-state index in [2.05, 4.69) is 10.6 Å². The number of benzene rings is 2. The molecule has 0 bridgehead atoms. The van der Waals surface area contributed by atoms with Crippen molar-refractivity contribution in [3.05, 3.63) is 88.1 Å². The number of carbonyl (C=O) groups is 3. The number of nitro groups is 1. The van der Waals surface area contributed by atoms with Crippen molar-refractivity contribution in [3.8, 4) is 11.3 Å². The van der Waals surface area contributed by atoms with Crippen LogP contribution in [0.3, 0.4) is 0 Å². The van der Waals surface area contributed by atoms with Crippen LogP contribution in [0.5, 0.6) is 0 Å². The van der Waals surface area contributed by atoms with Crippen LogP contribution in [0.15, 0.2) is 66.9 Å². The van der Waals surface area contributed by atoms with Crippen LogP contribution in [0, 0.1) is 10.1 Å². The van der Waals surface area contributed by atoms with Gasteiger partial charge in [0.15, 0.2) is 5.65 Å². The first-order chi connectivity index (χ1) is 20.1. The smallest absolute Gasteiger partial charge is 0.325 e. The van der Waals surface area contributed by atoms with E-state index in [9.17, 15) is 29.6 Å². The fourth-order valence-corrected chi connectivity index (χ4v) is 4.42. The van der Waals surface area contributed by atoms with Crippen LogP contribution in [0.2, 0.25) is 0 Å². The summed E-state index contributed by atoms with van der Waals surface area (Å²) >= 11 is 0. The number of esters is 1. The second-order valence-electron chi connectivity index (χ2n) is 9.50. The van der Waals surface area contributed by atoms with E-state index in [-0.39, 0.29) is 35.6 Å². The third kappa shape index (κ3) is 6.63. The van der Waals surface area contributed by atoms with E-state index in [1.54, 1.807) is 23.6 Å². The Hall–Kier alpha value is -5.46. The normalized spacial score (nSPS) is 11.5. The quantitative estimate of drug-likeness (QED) is 0.128. The van der Waals surface area contributed by atoms with E-state index < -0.39 is 35.2 Å². The van der Waals surface area contributed by atoms with Gasteiger partial charge in [-0.15, -0.1) is 0 Å². The average Bonchev–Trinajstić information content (AvgIpc) is 3.34. The summed E-state index contributed by atoms with van der Waals surface area (Å²) in [7, 11) is 3.84. The van der Waals surface area contributed by atoms with Gasteiger partial charge in [-0.1, -0.05) is 24.3 Å². The summed E-state index contributed by atoms with van der Waals surface area (Å²) in [6.07, 6.45) is 1.18.